The Balaban J connectivity index is 1.99. The summed E-state index contributed by atoms with van der Waals surface area (Å²) in [7, 11) is 0. The molecule has 0 spiro atoms. The van der Waals surface area contributed by atoms with Gasteiger partial charge in [0.05, 0.1) is 10.7 Å². The van der Waals surface area contributed by atoms with Crippen molar-refractivity contribution in [2.24, 2.45) is 0 Å². The Hall–Kier alpha value is -2.30. The van der Waals surface area contributed by atoms with Crippen LogP contribution in [0.25, 0.3) is 6.08 Å². The molecular weight excluding hydrogens is 323 g/mol. The molecule has 0 aliphatic carbocycles. The van der Waals surface area contributed by atoms with Crippen LogP contribution in [0, 0.1) is 0 Å². The van der Waals surface area contributed by atoms with Crippen LogP contribution in [0.4, 0.5) is 10.5 Å². The van der Waals surface area contributed by atoms with Crippen LogP contribution in [0.2, 0.25) is 10.0 Å². The van der Waals surface area contributed by atoms with Gasteiger partial charge in [-0.1, -0.05) is 53.5 Å². The number of rotatable bonds is 2. The van der Waals surface area contributed by atoms with Crippen LogP contribution in [0.3, 0.4) is 0 Å². The van der Waals surface area contributed by atoms with E-state index in [1.165, 1.54) is 0 Å². The number of amides is 3. The van der Waals surface area contributed by atoms with Gasteiger partial charge < -0.3 is 5.32 Å². The number of imide groups is 1. The second-order valence-corrected chi connectivity index (χ2v) is 5.42. The fourth-order valence-corrected chi connectivity index (χ4v) is 2.55. The van der Waals surface area contributed by atoms with E-state index >= 15 is 0 Å². The Morgan fingerprint density at radius 1 is 0.909 bits per heavy atom. The van der Waals surface area contributed by atoms with Gasteiger partial charge in [0.1, 0.15) is 5.70 Å². The van der Waals surface area contributed by atoms with Gasteiger partial charge in [-0.05, 0) is 29.8 Å². The number of nitrogens with zero attached hydrogens (tertiary/aromatic N) is 1. The van der Waals surface area contributed by atoms with E-state index in [9.17, 15) is 9.59 Å². The molecular formula is C16H10Cl2N2O2. The molecule has 110 valence electrons. The Morgan fingerprint density at radius 3 is 2.23 bits per heavy atom. The molecule has 1 aliphatic heterocycles. The average Bonchev–Trinajstić information content (AvgIpc) is 2.77. The Labute approximate surface area is 136 Å². The maximum atomic E-state index is 12.5. The van der Waals surface area contributed by atoms with E-state index in [4.69, 9.17) is 23.2 Å². The van der Waals surface area contributed by atoms with Crippen molar-refractivity contribution >= 4 is 46.9 Å². The number of hydrogen-bond donors (Lipinski definition) is 1. The van der Waals surface area contributed by atoms with Crippen molar-refractivity contribution in [3.8, 4) is 0 Å². The third kappa shape index (κ3) is 2.58. The number of urea groups is 1. The summed E-state index contributed by atoms with van der Waals surface area (Å²) in [6.45, 7) is 0. The van der Waals surface area contributed by atoms with Crippen molar-refractivity contribution in [3.05, 3.63) is 69.8 Å². The van der Waals surface area contributed by atoms with Crippen molar-refractivity contribution in [3.63, 3.8) is 0 Å². The lowest BCUT2D eigenvalue weighted by molar-refractivity contribution is -0.113. The topological polar surface area (TPSA) is 49.4 Å². The predicted molar refractivity (Wildman–Crippen MR) is 86.9 cm³/mol. The van der Waals surface area contributed by atoms with E-state index in [0.717, 1.165) is 4.90 Å². The normalized spacial score (nSPS) is 16.3. The summed E-state index contributed by atoms with van der Waals surface area (Å²) in [5.74, 6) is -0.474. The molecule has 0 atom stereocenters. The summed E-state index contributed by atoms with van der Waals surface area (Å²) in [5.41, 5.74) is 1.14. The third-order valence-electron chi connectivity index (χ3n) is 3.18. The molecule has 1 saturated heterocycles. The molecule has 1 aliphatic rings. The lowest BCUT2D eigenvalue weighted by Crippen LogP contribution is -2.30. The highest BCUT2D eigenvalue weighted by Gasteiger charge is 2.35. The second kappa shape index (κ2) is 5.83. The van der Waals surface area contributed by atoms with E-state index in [1.807, 2.05) is 0 Å². The predicted octanol–water partition coefficient (Wildman–Crippen LogP) is 4.09. The SMILES string of the molecule is O=C1N/C(=C/c2ccccc2Cl)C(=O)N1c1ccccc1Cl. The summed E-state index contributed by atoms with van der Waals surface area (Å²) in [6, 6.07) is 13.2. The van der Waals surface area contributed by atoms with Crippen LogP contribution in [0.15, 0.2) is 54.2 Å². The van der Waals surface area contributed by atoms with Gasteiger partial charge in [-0.25, -0.2) is 9.69 Å². The number of carbonyl (C=O) groups excluding carboxylic acids is 2. The van der Waals surface area contributed by atoms with Gasteiger partial charge >= 0.3 is 6.03 Å². The van der Waals surface area contributed by atoms with Crippen molar-refractivity contribution in [1.82, 2.24) is 5.32 Å². The van der Waals surface area contributed by atoms with Gasteiger partial charge in [-0.15, -0.1) is 0 Å². The number of anilines is 1. The van der Waals surface area contributed by atoms with Crippen molar-refractivity contribution in [2.75, 3.05) is 4.90 Å². The summed E-state index contributed by atoms with van der Waals surface area (Å²) in [4.78, 5) is 25.5. The zero-order valence-electron chi connectivity index (χ0n) is 11.2. The number of benzene rings is 2. The number of hydrogen-bond acceptors (Lipinski definition) is 2. The van der Waals surface area contributed by atoms with Gasteiger partial charge in [0.25, 0.3) is 5.91 Å². The maximum absolute atomic E-state index is 12.5. The third-order valence-corrected chi connectivity index (χ3v) is 3.84. The Bertz CT molecular complexity index is 802. The molecule has 0 radical (unpaired) electrons. The first-order valence-electron chi connectivity index (χ1n) is 6.44. The largest absolute Gasteiger partial charge is 0.333 e. The van der Waals surface area contributed by atoms with Crippen LogP contribution in [0.1, 0.15) is 5.56 Å². The monoisotopic (exact) mass is 332 g/mol. The fourth-order valence-electron chi connectivity index (χ4n) is 2.13. The molecule has 0 bridgehead atoms. The number of carbonyl (C=O) groups is 2. The highest BCUT2D eigenvalue weighted by Crippen LogP contribution is 2.29. The first-order valence-corrected chi connectivity index (χ1v) is 7.20. The second-order valence-electron chi connectivity index (χ2n) is 4.60. The maximum Gasteiger partial charge on any atom is 0.333 e. The van der Waals surface area contributed by atoms with Crippen molar-refractivity contribution in [1.29, 1.82) is 0 Å². The van der Waals surface area contributed by atoms with E-state index in [0.29, 0.717) is 21.3 Å². The lowest BCUT2D eigenvalue weighted by Gasteiger charge is -2.13. The van der Waals surface area contributed by atoms with E-state index in [2.05, 4.69) is 5.32 Å². The van der Waals surface area contributed by atoms with Gasteiger partial charge in [-0.3, -0.25) is 4.79 Å². The summed E-state index contributed by atoms with van der Waals surface area (Å²) in [6.07, 6.45) is 1.54. The van der Waals surface area contributed by atoms with E-state index in [-0.39, 0.29) is 5.70 Å². The first-order chi connectivity index (χ1) is 10.6. The van der Waals surface area contributed by atoms with E-state index in [1.54, 1.807) is 54.6 Å². The smallest absolute Gasteiger partial charge is 0.302 e. The molecule has 0 saturated carbocycles. The molecule has 1 heterocycles. The van der Waals surface area contributed by atoms with Crippen LogP contribution in [0.5, 0.6) is 0 Å². The van der Waals surface area contributed by atoms with Gasteiger partial charge in [0.2, 0.25) is 0 Å². The molecule has 2 aromatic rings. The van der Waals surface area contributed by atoms with Gasteiger partial charge in [0.15, 0.2) is 0 Å². The summed E-state index contributed by atoms with van der Waals surface area (Å²) in [5, 5.41) is 3.35. The van der Waals surface area contributed by atoms with Crippen molar-refractivity contribution in [2.45, 2.75) is 0 Å². The molecule has 1 fully saturated rings. The van der Waals surface area contributed by atoms with Crippen LogP contribution in [-0.2, 0) is 4.79 Å². The molecule has 3 rings (SSSR count). The van der Waals surface area contributed by atoms with E-state index < -0.39 is 11.9 Å². The molecule has 0 unspecified atom stereocenters. The Morgan fingerprint density at radius 2 is 1.55 bits per heavy atom. The number of nitrogens with one attached hydrogen (secondary N) is 1. The molecule has 0 aromatic heterocycles. The zero-order chi connectivity index (χ0) is 15.7. The van der Waals surface area contributed by atoms with Crippen molar-refractivity contribution < 1.29 is 9.59 Å². The highest BCUT2D eigenvalue weighted by molar-refractivity contribution is 6.37. The molecule has 3 amide bonds. The molecule has 22 heavy (non-hydrogen) atoms. The molecule has 1 N–H and O–H groups in total. The number of para-hydroxylation sites is 1. The number of halogens is 2. The summed E-state index contributed by atoms with van der Waals surface area (Å²) >= 11 is 12.1. The van der Waals surface area contributed by atoms with Crippen LogP contribution in [-0.4, -0.2) is 11.9 Å². The van der Waals surface area contributed by atoms with Gasteiger partial charge in [0, 0.05) is 5.02 Å². The van der Waals surface area contributed by atoms with Crippen LogP contribution >= 0.6 is 23.2 Å². The minimum atomic E-state index is -0.545. The minimum Gasteiger partial charge on any atom is -0.302 e. The quantitative estimate of drug-likeness (QED) is 0.665. The standard InChI is InChI=1S/C16H10Cl2N2O2/c17-11-6-2-1-5-10(11)9-13-15(21)20(16(22)19-13)14-8-4-3-7-12(14)18/h1-9H,(H,19,22)/b13-9+. The Kier molecular flexibility index (Phi) is 3.88. The summed E-state index contributed by atoms with van der Waals surface area (Å²) < 4.78 is 0. The molecule has 6 heteroatoms. The highest BCUT2D eigenvalue weighted by atomic mass is 35.5. The first kappa shape index (κ1) is 14.6. The zero-order valence-corrected chi connectivity index (χ0v) is 12.7. The minimum absolute atomic E-state index is 0.151. The lowest BCUT2D eigenvalue weighted by atomic mass is 10.2. The molecule has 4 nitrogen and oxygen atoms in total. The average molecular weight is 333 g/mol. The molecule has 2 aromatic carbocycles. The fraction of sp³-hybridized carbons (Fsp3) is 0. The van der Waals surface area contributed by atoms with Gasteiger partial charge in [-0.2, -0.15) is 0 Å². The van der Waals surface area contributed by atoms with Crippen LogP contribution < -0.4 is 10.2 Å².